The van der Waals surface area contributed by atoms with E-state index in [1.807, 2.05) is 6.92 Å². The van der Waals surface area contributed by atoms with Gasteiger partial charge in [-0.1, -0.05) is 19.1 Å². The van der Waals surface area contributed by atoms with Crippen LogP contribution in [0.4, 0.5) is 5.69 Å². The number of carboxylic acids is 1. The first kappa shape index (κ1) is 31.6. The van der Waals surface area contributed by atoms with E-state index in [9.17, 15) is 38.7 Å². The normalized spacial score (nSPS) is 14.7. The van der Waals surface area contributed by atoms with Crippen LogP contribution in [-0.4, -0.2) is 87.8 Å². The molecule has 0 bridgehead atoms. The minimum atomic E-state index is -1.51. The van der Waals surface area contributed by atoms with Gasteiger partial charge in [0.05, 0.1) is 6.61 Å². The highest BCUT2D eigenvalue weighted by molar-refractivity contribution is 6.13. The average Bonchev–Trinajstić information content (AvgIpc) is 3.24. The Bertz CT molecular complexity index is 1150. The largest absolute Gasteiger partial charge is 0.481 e. The van der Waals surface area contributed by atoms with Gasteiger partial charge in [0.25, 0.3) is 11.8 Å². The van der Waals surface area contributed by atoms with Gasteiger partial charge in [-0.3, -0.25) is 38.5 Å². The molecule has 2 rings (SSSR count). The highest BCUT2D eigenvalue weighted by atomic mass is 16.4. The summed E-state index contributed by atoms with van der Waals surface area (Å²) in [6.45, 7) is 2.25. The van der Waals surface area contributed by atoms with E-state index < -0.39 is 72.6 Å². The summed E-state index contributed by atoms with van der Waals surface area (Å²) in [6.07, 6.45) is 2.00. The minimum Gasteiger partial charge on any atom is -0.481 e. The molecule has 0 saturated carbocycles. The number of aliphatic hydroxyl groups is 1. The van der Waals surface area contributed by atoms with Crippen molar-refractivity contribution in [2.45, 2.75) is 57.7 Å². The van der Waals surface area contributed by atoms with E-state index in [2.05, 4.69) is 21.3 Å². The van der Waals surface area contributed by atoms with E-state index in [0.29, 0.717) is 5.69 Å². The summed E-state index contributed by atoms with van der Waals surface area (Å²) in [5.74, 6) is -5.40. The number of amides is 6. The number of carbonyl (C=O) groups is 7. The number of rotatable bonds is 15. The molecule has 1 aromatic rings. The number of aliphatic carboxylic acids is 1. The lowest BCUT2D eigenvalue weighted by Crippen LogP contribution is -2.57. The maximum Gasteiger partial charge on any atom is 0.303 e. The summed E-state index contributed by atoms with van der Waals surface area (Å²) in [4.78, 5) is 85.4. The molecule has 14 nitrogen and oxygen atoms in total. The van der Waals surface area contributed by atoms with Gasteiger partial charge < -0.3 is 31.5 Å². The lowest BCUT2D eigenvalue weighted by Gasteiger charge is -2.23. The summed E-state index contributed by atoms with van der Waals surface area (Å²) in [7, 11) is 0. The standard InChI is InChI=1S/C26H33N5O9/c1-3-16-4-6-17(7-5-16)28-25(39)18(8-11-23(36)37)29-26(40)19(14-32)30-24(38)15(2)27-20(33)12-13-31-21(34)9-10-22(31)35/h4-7,9-10,15,18-19,32H,3,8,11-14H2,1-2H3,(H,27,33)(H,28,39)(H,29,40)(H,30,38)(H,36,37)/t15-,18-,19-/m0/s1. The first-order valence-corrected chi connectivity index (χ1v) is 12.6. The number of nitrogens with one attached hydrogen (secondary N) is 4. The van der Waals surface area contributed by atoms with E-state index in [0.717, 1.165) is 29.0 Å². The lowest BCUT2D eigenvalue weighted by molar-refractivity contribution is -0.139. The van der Waals surface area contributed by atoms with Crippen LogP contribution in [0.2, 0.25) is 0 Å². The van der Waals surface area contributed by atoms with Gasteiger partial charge in [-0.05, 0) is 37.5 Å². The zero-order valence-corrected chi connectivity index (χ0v) is 22.1. The zero-order chi connectivity index (χ0) is 29.8. The SMILES string of the molecule is CCc1ccc(NC(=O)[C@H](CCC(=O)O)NC(=O)[C@H](CO)NC(=O)[C@H](C)NC(=O)CCN2C(=O)C=CC2=O)cc1. The van der Waals surface area contributed by atoms with Crippen molar-refractivity contribution < 1.29 is 43.8 Å². The van der Waals surface area contributed by atoms with E-state index in [-0.39, 0.29) is 19.4 Å². The Kier molecular flexibility index (Phi) is 12.0. The van der Waals surface area contributed by atoms with E-state index in [1.165, 1.54) is 6.92 Å². The third-order valence-electron chi connectivity index (χ3n) is 5.96. The fourth-order valence-corrected chi connectivity index (χ4v) is 3.60. The number of nitrogens with zero attached hydrogens (tertiary/aromatic N) is 1. The van der Waals surface area contributed by atoms with Crippen LogP contribution in [0, 0.1) is 0 Å². The van der Waals surface area contributed by atoms with Crippen molar-refractivity contribution in [3.8, 4) is 0 Å². The van der Waals surface area contributed by atoms with E-state index in [1.54, 1.807) is 24.3 Å². The molecule has 0 aromatic heterocycles. The molecule has 0 fully saturated rings. The van der Waals surface area contributed by atoms with E-state index >= 15 is 0 Å². The predicted molar refractivity (Wildman–Crippen MR) is 140 cm³/mol. The summed E-state index contributed by atoms with van der Waals surface area (Å²) in [5, 5.41) is 28.3. The van der Waals surface area contributed by atoms with Crippen LogP contribution in [-0.2, 0) is 40.0 Å². The molecule has 0 aliphatic carbocycles. The van der Waals surface area contributed by atoms with Crippen LogP contribution in [0.25, 0.3) is 0 Å². The van der Waals surface area contributed by atoms with Crippen molar-refractivity contribution in [2.24, 2.45) is 0 Å². The highest BCUT2D eigenvalue weighted by Gasteiger charge is 2.29. The topological polar surface area (TPSA) is 211 Å². The third-order valence-corrected chi connectivity index (χ3v) is 5.96. The van der Waals surface area contributed by atoms with Crippen molar-refractivity contribution in [3.05, 3.63) is 42.0 Å². The highest BCUT2D eigenvalue weighted by Crippen LogP contribution is 2.12. The van der Waals surface area contributed by atoms with E-state index in [4.69, 9.17) is 5.11 Å². The van der Waals surface area contributed by atoms with Crippen LogP contribution in [0.5, 0.6) is 0 Å². The molecule has 1 aromatic carbocycles. The van der Waals surface area contributed by atoms with Gasteiger partial charge >= 0.3 is 5.97 Å². The fraction of sp³-hybridized carbons (Fsp3) is 0.423. The predicted octanol–water partition coefficient (Wildman–Crippen LogP) is -1.17. The number of aryl methyl sites for hydroxylation is 1. The number of hydrogen-bond acceptors (Lipinski definition) is 8. The number of carbonyl (C=O) groups excluding carboxylic acids is 6. The van der Waals surface area contributed by atoms with Crippen LogP contribution in [0.15, 0.2) is 36.4 Å². The molecule has 1 aliphatic rings. The molecule has 1 heterocycles. The molecule has 6 N–H and O–H groups in total. The van der Waals surface area contributed by atoms with Crippen LogP contribution in [0.3, 0.4) is 0 Å². The van der Waals surface area contributed by atoms with Gasteiger partial charge in [0.2, 0.25) is 23.6 Å². The second-order valence-corrected chi connectivity index (χ2v) is 8.98. The molecule has 0 radical (unpaired) electrons. The van der Waals surface area contributed by atoms with Gasteiger partial charge in [0.15, 0.2) is 0 Å². The fourth-order valence-electron chi connectivity index (χ4n) is 3.60. The quantitative estimate of drug-likeness (QED) is 0.143. The Morgan fingerprint density at radius 3 is 2.00 bits per heavy atom. The molecule has 0 unspecified atom stereocenters. The van der Waals surface area contributed by atoms with Gasteiger partial charge in [0, 0.05) is 37.2 Å². The lowest BCUT2D eigenvalue weighted by atomic mass is 10.1. The Labute approximate surface area is 230 Å². The minimum absolute atomic E-state index is 0.185. The summed E-state index contributed by atoms with van der Waals surface area (Å²) in [6, 6.07) is 2.98. The monoisotopic (exact) mass is 559 g/mol. The number of anilines is 1. The van der Waals surface area contributed by atoms with Crippen molar-refractivity contribution in [2.75, 3.05) is 18.5 Å². The smallest absolute Gasteiger partial charge is 0.303 e. The van der Waals surface area contributed by atoms with Gasteiger partial charge in [0.1, 0.15) is 18.1 Å². The molecule has 40 heavy (non-hydrogen) atoms. The van der Waals surface area contributed by atoms with Crippen LogP contribution < -0.4 is 21.3 Å². The Morgan fingerprint density at radius 2 is 1.45 bits per heavy atom. The second-order valence-electron chi connectivity index (χ2n) is 8.98. The van der Waals surface area contributed by atoms with Crippen LogP contribution >= 0.6 is 0 Å². The molecular formula is C26H33N5O9. The molecule has 3 atom stereocenters. The summed E-state index contributed by atoms with van der Waals surface area (Å²) in [5.41, 5.74) is 1.47. The second kappa shape index (κ2) is 15.1. The maximum atomic E-state index is 12.8. The van der Waals surface area contributed by atoms with Gasteiger partial charge in [-0.2, -0.15) is 0 Å². The van der Waals surface area contributed by atoms with Crippen LogP contribution in [0.1, 0.15) is 38.7 Å². The third kappa shape index (κ3) is 9.62. The molecule has 14 heteroatoms. The van der Waals surface area contributed by atoms with Crippen molar-refractivity contribution >= 4 is 47.1 Å². The molecule has 6 amide bonds. The maximum absolute atomic E-state index is 12.8. The molecule has 0 saturated heterocycles. The first-order chi connectivity index (χ1) is 18.9. The first-order valence-electron chi connectivity index (χ1n) is 12.6. The summed E-state index contributed by atoms with van der Waals surface area (Å²) < 4.78 is 0. The van der Waals surface area contributed by atoms with Crippen molar-refractivity contribution in [1.29, 1.82) is 0 Å². The average molecular weight is 560 g/mol. The molecule has 0 spiro atoms. The summed E-state index contributed by atoms with van der Waals surface area (Å²) >= 11 is 0. The zero-order valence-electron chi connectivity index (χ0n) is 22.1. The molecule has 1 aliphatic heterocycles. The van der Waals surface area contributed by atoms with Gasteiger partial charge in [-0.15, -0.1) is 0 Å². The Balaban J connectivity index is 1.94. The van der Waals surface area contributed by atoms with Gasteiger partial charge in [-0.25, -0.2) is 0 Å². The van der Waals surface area contributed by atoms with Crippen molar-refractivity contribution in [1.82, 2.24) is 20.9 Å². The Hall–Kier alpha value is -4.59. The number of aliphatic hydroxyl groups excluding tert-OH is 1. The number of imide groups is 1. The number of benzene rings is 1. The number of hydrogen-bond donors (Lipinski definition) is 6. The van der Waals surface area contributed by atoms with Crippen molar-refractivity contribution in [3.63, 3.8) is 0 Å². The molecular weight excluding hydrogens is 526 g/mol. The molecule has 216 valence electrons. The Morgan fingerprint density at radius 1 is 0.850 bits per heavy atom. The number of carboxylic acid groups (broad SMARTS) is 1.